The zero-order valence-corrected chi connectivity index (χ0v) is 11.7. The summed E-state index contributed by atoms with van der Waals surface area (Å²) in [6, 6.07) is 0. The number of nitrogens with two attached hydrogens (primary N) is 1. The highest BCUT2D eigenvalue weighted by atomic mass is 16.4. The van der Waals surface area contributed by atoms with E-state index >= 15 is 0 Å². The summed E-state index contributed by atoms with van der Waals surface area (Å²) in [5, 5.41) is 11.4. The Bertz CT molecular complexity index is 445. The minimum atomic E-state index is -0.786. The highest BCUT2D eigenvalue weighted by molar-refractivity contribution is 5.91. The number of carboxylic acid groups (broad SMARTS) is 1. The van der Waals surface area contributed by atoms with Crippen LogP contribution in [0, 0.1) is 5.92 Å². The number of amides is 1. The number of hydrogen-bond acceptors (Lipinski definition) is 4. The molecule has 0 bridgehead atoms. The number of aromatic nitrogens is 2. The van der Waals surface area contributed by atoms with Crippen LogP contribution in [0.1, 0.15) is 36.7 Å². The van der Waals surface area contributed by atoms with Gasteiger partial charge >= 0.3 is 5.97 Å². The third-order valence-electron chi connectivity index (χ3n) is 3.03. The molecule has 0 spiro atoms. The van der Waals surface area contributed by atoms with E-state index in [-0.39, 0.29) is 18.2 Å². The lowest BCUT2D eigenvalue weighted by atomic mass is 10.0. The summed E-state index contributed by atoms with van der Waals surface area (Å²) >= 11 is 0. The number of imidazole rings is 1. The molecule has 7 heteroatoms. The molecule has 1 aromatic heterocycles. The SMILES string of the molecule is CC(CCNC(=O)c1cn(CCN)cn1)CCC(=O)O. The van der Waals surface area contributed by atoms with Gasteiger partial charge in [0.05, 0.1) is 6.33 Å². The largest absolute Gasteiger partial charge is 0.481 e. The van der Waals surface area contributed by atoms with Gasteiger partial charge in [0.1, 0.15) is 5.69 Å². The van der Waals surface area contributed by atoms with Crippen molar-refractivity contribution in [2.75, 3.05) is 13.1 Å². The zero-order chi connectivity index (χ0) is 15.0. The van der Waals surface area contributed by atoms with Gasteiger partial charge in [-0.1, -0.05) is 6.92 Å². The molecule has 0 aliphatic rings. The molecule has 1 aromatic rings. The molecule has 1 unspecified atom stereocenters. The number of rotatable bonds is 9. The minimum absolute atomic E-state index is 0.165. The van der Waals surface area contributed by atoms with Crippen molar-refractivity contribution in [3.05, 3.63) is 18.2 Å². The highest BCUT2D eigenvalue weighted by Gasteiger charge is 2.10. The normalized spacial score (nSPS) is 12.1. The molecule has 7 nitrogen and oxygen atoms in total. The van der Waals surface area contributed by atoms with Crippen LogP contribution < -0.4 is 11.1 Å². The van der Waals surface area contributed by atoms with E-state index in [1.807, 2.05) is 6.92 Å². The topological polar surface area (TPSA) is 110 Å². The van der Waals surface area contributed by atoms with Crippen LogP contribution in [0.3, 0.4) is 0 Å². The fourth-order valence-corrected chi connectivity index (χ4v) is 1.79. The number of nitrogens with one attached hydrogen (secondary N) is 1. The van der Waals surface area contributed by atoms with Crippen LogP contribution in [0.2, 0.25) is 0 Å². The van der Waals surface area contributed by atoms with Crippen LogP contribution in [0.25, 0.3) is 0 Å². The van der Waals surface area contributed by atoms with Gasteiger partial charge in [-0.15, -0.1) is 0 Å². The summed E-state index contributed by atoms with van der Waals surface area (Å²) in [6.07, 6.45) is 4.78. The van der Waals surface area contributed by atoms with E-state index in [1.165, 1.54) is 0 Å². The molecule has 0 saturated carbocycles. The number of carbonyl (C=O) groups is 2. The molecule has 1 rings (SSSR count). The summed E-state index contributed by atoms with van der Waals surface area (Å²) in [4.78, 5) is 26.2. The summed E-state index contributed by atoms with van der Waals surface area (Å²) < 4.78 is 1.77. The van der Waals surface area contributed by atoms with Crippen molar-refractivity contribution in [1.82, 2.24) is 14.9 Å². The van der Waals surface area contributed by atoms with Gasteiger partial charge in [0.25, 0.3) is 5.91 Å². The van der Waals surface area contributed by atoms with Crippen LogP contribution in [0.4, 0.5) is 0 Å². The Morgan fingerprint density at radius 2 is 2.25 bits per heavy atom. The second-order valence-corrected chi connectivity index (χ2v) is 4.87. The van der Waals surface area contributed by atoms with E-state index < -0.39 is 5.97 Å². The summed E-state index contributed by atoms with van der Waals surface area (Å²) in [6.45, 7) is 3.62. The van der Waals surface area contributed by atoms with Crippen molar-refractivity contribution >= 4 is 11.9 Å². The van der Waals surface area contributed by atoms with Gasteiger partial charge in [-0.05, 0) is 18.8 Å². The highest BCUT2D eigenvalue weighted by Crippen LogP contribution is 2.09. The van der Waals surface area contributed by atoms with Crippen molar-refractivity contribution in [1.29, 1.82) is 0 Å². The van der Waals surface area contributed by atoms with Crippen LogP contribution in [-0.4, -0.2) is 39.6 Å². The fraction of sp³-hybridized carbons (Fsp3) is 0.615. The Morgan fingerprint density at radius 1 is 1.50 bits per heavy atom. The molecule has 0 radical (unpaired) electrons. The monoisotopic (exact) mass is 282 g/mol. The van der Waals surface area contributed by atoms with Crippen LogP contribution in [-0.2, 0) is 11.3 Å². The molecule has 0 fully saturated rings. The van der Waals surface area contributed by atoms with Crippen LogP contribution >= 0.6 is 0 Å². The lowest BCUT2D eigenvalue weighted by Gasteiger charge is -2.10. The van der Waals surface area contributed by atoms with E-state index in [2.05, 4.69) is 10.3 Å². The number of nitrogens with zero attached hydrogens (tertiary/aromatic N) is 2. The van der Waals surface area contributed by atoms with E-state index in [0.29, 0.717) is 31.7 Å². The molecule has 1 amide bonds. The summed E-state index contributed by atoms with van der Waals surface area (Å²) in [7, 11) is 0. The molecule has 1 heterocycles. The molecular weight excluding hydrogens is 260 g/mol. The Kier molecular flexibility index (Phi) is 6.72. The first kappa shape index (κ1) is 16.2. The first-order chi connectivity index (χ1) is 9.52. The van der Waals surface area contributed by atoms with Gasteiger partial charge < -0.3 is 20.7 Å². The number of hydrogen-bond donors (Lipinski definition) is 3. The van der Waals surface area contributed by atoms with Gasteiger partial charge in [-0.2, -0.15) is 0 Å². The van der Waals surface area contributed by atoms with Crippen LogP contribution in [0.15, 0.2) is 12.5 Å². The van der Waals surface area contributed by atoms with E-state index in [0.717, 1.165) is 6.42 Å². The Labute approximate surface area is 118 Å². The molecule has 0 aliphatic carbocycles. The average Bonchev–Trinajstić information content (AvgIpc) is 2.85. The smallest absolute Gasteiger partial charge is 0.303 e. The lowest BCUT2D eigenvalue weighted by molar-refractivity contribution is -0.137. The maximum absolute atomic E-state index is 11.8. The standard InChI is InChI=1S/C13H22N4O3/c1-10(2-3-12(18)19)4-6-15-13(20)11-8-17(7-5-14)9-16-11/h8-10H,2-7,14H2,1H3,(H,15,20)(H,18,19). The van der Waals surface area contributed by atoms with Gasteiger partial charge in [0, 0.05) is 32.3 Å². The predicted octanol–water partition coefficient (Wildman–Crippen LogP) is 0.463. The maximum Gasteiger partial charge on any atom is 0.303 e. The average molecular weight is 282 g/mol. The Morgan fingerprint density at radius 3 is 2.90 bits per heavy atom. The number of carbonyl (C=O) groups excluding carboxylic acids is 1. The summed E-state index contributed by atoms with van der Waals surface area (Å²) in [5.41, 5.74) is 5.79. The third-order valence-corrected chi connectivity index (χ3v) is 3.03. The predicted molar refractivity (Wildman–Crippen MR) is 74.3 cm³/mol. The van der Waals surface area contributed by atoms with Gasteiger partial charge in [0.15, 0.2) is 0 Å². The van der Waals surface area contributed by atoms with E-state index in [1.54, 1.807) is 17.1 Å². The zero-order valence-electron chi connectivity index (χ0n) is 11.7. The second-order valence-electron chi connectivity index (χ2n) is 4.87. The lowest BCUT2D eigenvalue weighted by Crippen LogP contribution is -2.26. The fourth-order valence-electron chi connectivity index (χ4n) is 1.79. The maximum atomic E-state index is 11.8. The van der Waals surface area contributed by atoms with Gasteiger partial charge in [0.2, 0.25) is 0 Å². The third kappa shape index (κ3) is 5.83. The molecular formula is C13H22N4O3. The molecule has 20 heavy (non-hydrogen) atoms. The molecule has 1 atom stereocenters. The molecule has 0 aliphatic heterocycles. The van der Waals surface area contributed by atoms with E-state index in [4.69, 9.17) is 10.8 Å². The molecule has 0 aromatic carbocycles. The molecule has 4 N–H and O–H groups in total. The minimum Gasteiger partial charge on any atom is -0.481 e. The Balaban J connectivity index is 2.26. The van der Waals surface area contributed by atoms with E-state index in [9.17, 15) is 9.59 Å². The molecule has 112 valence electrons. The van der Waals surface area contributed by atoms with Crippen LogP contribution in [0.5, 0.6) is 0 Å². The first-order valence-corrected chi connectivity index (χ1v) is 6.74. The van der Waals surface area contributed by atoms with Crippen molar-refractivity contribution < 1.29 is 14.7 Å². The second kappa shape index (κ2) is 8.31. The van der Waals surface area contributed by atoms with Gasteiger partial charge in [-0.25, -0.2) is 4.98 Å². The van der Waals surface area contributed by atoms with Gasteiger partial charge in [-0.3, -0.25) is 9.59 Å². The first-order valence-electron chi connectivity index (χ1n) is 6.74. The molecule has 0 saturated heterocycles. The van der Waals surface area contributed by atoms with Crippen molar-refractivity contribution in [3.8, 4) is 0 Å². The van der Waals surface area contributed by atoms with Crippen molar-refractivity contribution in [2.45, 2.75) is 32.7 Å². The number of carboxylic acids is 1. The quantitative estimate of drug-likeness (QED) is 0.609. The number of aliphatic carboxylic acids is 1. The Hall–Kier alpha value is -1.89. The van der Waals surface area contributed by atoms with Crippen molar-refractivity contribution in [3.63, 3.8) is 0 Å². The summed E-state index contributed by atoms with van der Waals surface area (Å²) in [5.74, 6) is -0.737. The van der Waals surface area contributed by atoms with Crippen molar-refractivity contribution in [2.24, 2.45) is 11.7 Å².